The Morgan fingerprint density at radius 1 is 1.47 bits per heavy atom. The number of rotatable bonds is 5. The molecule has 1 aromatic heterocycles. The van der Waals surface area contributed by atoms with Crippen LogP contribution in [0.1, 0.15) is 44.1 Å². The van der Waals surface area contributed by atoms with Crippen LogP contribution in [0.25, 0.3) is 0 Å². The van der Waals surface area contributed by atoms with E-state index in [2.05, 4.69) is 29.0 Å². The Morgan fingerprint density at radius 2 is 2.21 bits per heavy atom. The summed E-state index contributed by atoms with van der Waals surface area (Å²) in [6.45, 7) is 3.06. The van der Waals surface area contributed by atoms with E-state index >= 15 is 0 Å². The molecule has 1 aliphatic rings. The average molecular weight is 282 g/mol. The Labute approximate surface area is 118 Å². The van der Waals surface area contributed by atoms with Gasteiger partial charge in [-0.1, -0.05) is 19.8 Å². The second-order valence-electron chi connectivity index (χ2n) is 5.45. The van der Waals surface area contributed by atoms with Gasteiger partial charge in [-0.05, 0) is 41.1 Å². The Hall–Kier alpha value is -1.07. The van der Waals surface area contributed by atoms with Crippen molar-refractivity contribution in [3.63, 3.8) is 0 Å². The monoisotopic (exact) mass is 282 g/mol. The lowest BCUT2D eigenvalue weighted by Gasteiger charge is -2.22. The largest absolute Gasteiger partial charge is 0.388 e. The smallest absolute Gasteiger partial charge is 0.314 e. The van der Waals surface area contributed by atoms with E-state index in [1.807, 2.05) is 5.38 Å². The molecular formula is C14H22N2O2S. The maximum absolute atomic E-state index is 11.7. The minimum Gasteiger partial charge on any atom is -0.388 e. The van der Waals surface area contributed by atoms with Gasteiger partial charge in [0.15, 0.2) is 0 Å². The van der Waals surface area contributed by atoms with Gasteiger partial charge in [0, 0.05) is 13.1 Å². The molecule has 19 heavy (non-hydrogen) atoms. The molecule has 0 saturated heterocycles. The van der Waals surface area contributed by atoms with Crippen molar-refractivity contribution in [1.29, 1.82) is 0 Å². The molecule has 4 nitrogen and oxygen atoms in total. The van der Waals surface area contributed by atoms with Crippen molar-refractivity contribution in [3.05, 3.63) is 22.4 Å². The molecule has 1 unspecified atom stereocenters. The number of nitrogens with one attached hydrogen (secondary N) is 2. The van der Waals surface area contributed by atoms with Crippen LogP contribution in [0.5, 0.6) is 0 Å². The van der Waals surface area contributed by atoms with Gasteiger partial charge in [-0.2, -0.15) is 11.3 Å². The lowest BCUT2D eigenvalue weighted by atomic mass is 10.0. The summed E-state index contributed by atoms with van der Waals surface area (Å²) in [5.41, 5.74) is 0.566. The van der Waals surface area contributed by atoms with Crippen LogP contribution in [0, 0.1) is 0 Å². The fraction of sp³-hybridized carbons (Fsp3) is 0.643. The van der Waals surface area contributed by atoms with Crippen molar-refractivity contribution >= 4 is 17.4 Å². The summed E-state index contributed by atoms with van der Waals surface area (Å²) in [4.78, 5) is 11.7. The van der Waals surface area contributed by atoms with E-state index in [-0.39, 0.29) is 6.03 Å². The second kappa shape index (κ2) is 6.39. The van der Waals surface area contributed by atoms with Gasteiger partial charge in [-0.3, -0.25) is 0 Å². The topological polar surface area (TPSA) is 61.4 Å². The standard InChI is InChI=1S/C14H22N2O2S/c1-11(12-4-7-19-9-12)8-15-13(17)16-10-14(18)5-2-3-6-14/h4,7,9,11,18H,2-3,5-6,8,10H2,1H3,(H2,15,16,17). The summed E-state index contributed by atoms with van der Waals surface area (Å²) in [6.07, 6.45) is 3.68. The van der Waals surface area contributed by atoms with E-state index in [9.17, 15) is 9.90 Å². The second-order valence-corrected chi connectivity index (χ2v) is 6.23. The number of amides is 2. The van der Waals surface area contributed by atoms with Gasteiger partial charge < -0.3 is 15.7 Å². The fourth-order valence-electron chi connectivity index (χ4n) is 2.44. The van der Waals surface area contributed by atoms with Crippen molar-refractivity contribution in [3.8, 4) is 0 Å². The van der Waals surface area contributed by atoms with E-state index in [0.717, 1.165) is 25.7 Å². The zero-order chi connectivity index (χ0) is 13.7. The minimum absolute atomic E-state index is 0.192. The van der Waals surface area contributed by atoms with Crippen molar-refractivity contribution < 1.29 is 9.90 Å². The van der Waals surface area contributed by atoms with Gasteiger partial charge in [0.1, 0.15) is 0 Å². The molecule has 1 atom stereocenters. The van der Waals surface area contributed by atoms with Gasteiger partial charge in [0.2, 0.25) is 0 Å². The summed E-state index contributed by atoms with van der Waals surface area (Å²) in [5.74, 6) is 0.312. The third kappa shape index (κ3) is 4.21. The first-order valence-corrected chi connectivity index (χ1v) is 7.79. The lowest BCUT2D eigenvalue weighted by molar-refractivity contribution is 0.0501. The maximum atomic E-state index is 11.7. The predicted molar refractivity (Wildman–Crippen MR) is 77.6 cm³/mol. The number of aliphatic hydroxyl groups is 1. The van der Waals surface area contributed by atoms with Crippen LogP contribution in [0.15, 0.2) is 16.8 Å². The first-order valence-electron chi connectivity index (χ1n) is 6.85. The molecule has 0 radical (unpaired) electrons. The average Bonchev–Trinajstić information content (AvgIpc) is 3.05. The van der Waals surface area contributed by atoms with Gasteiger partial charge >= 0.3 is 6.03 Å². The molecule has 0 bridgehead atoms. The Bertz CT molecular complexity index is 400. The normalized spacial score (nSPS) is 19.1. The highest BCUT2D eigenvalue weighted by molar-refractivity contribution is 7.07. The van der Waals surface area contributed by atoms with Gasteiger partial charge in [-0.15, -0.1) is 0 Å². The molecule has 1 aromatic rings. The number of carbonyl (C=O) groups is 1. The number of urea groups is 1. The molecule has 106 valence electrons. The van der Waals surface area contributed by atoms with Crippen LogP contribution in [0.3, 0.4) is 0 Å². The Balaban J connectivity index is 1.67. The van der Waals surface area contributed by atoms with Crippen LogP contribution in [-0.2, 0) is 0 Å². The molecule has 0 aromatic carbocycles. The number of carbonyl (C=O) groups excluding carboxylic acids is 1. The molecule has 1 saturated carbocycles. The van der Waals surface area contributed by atoms with E-state index in [4.69, 9.17) is 0 Å². The quantitative estimate of drug-likeness (QED) is 0.777. The molecule has 2 rings (SSSR count). The summed E-state index contributed by atoms with van der Waals surface area (Å²) < 4.78 is 0. The Morgan fingerprint density at radius 3 is 2.84 bits per heavy atom. The van der Waals surface area contributed by atoms with E-state index in [1.165, 1.54) is 5.56 Å². The first-order chi connectivity index (χ1) is 9.09. The number of hydrogen-bond donors (Lipinski definition) is 3. The van der Waals surface area contributed by atoms with Crippen molar-refractivity contribution in [2.75, 3.05) is 13.1 Å². The molecule has 0 aliphatic heterocycles. The molecule has 1 aliphatic carbocycles. The third-order valence-corrected chi connectivity index (χ3v) is 4.49. The van der Waals surface area contributed by atoms with Crippen LogP contribution in [-0.4, -0.2) is 29.8 Å². The highest BCUT2D eigenvalue weighted by atomic mass is 32.1. The fourth-order valence-corrected chi connectivity index (χ4v) is 3.22. The SMILES string of the molecule is CC(CNC(=O)NCC1(O)CCCC1)c1ccsc1. The molecule has 2 amide bonds. The first kappa shape index (κ1) is 14.3. The van der Waals surface area contributed by atoms with Crippen molar-refractivity contribution in [1.82, 2.24) is 10.6 Å². The zero-order valence-corrected chi connectivity index (χ0v) is 12.1. The molecule has 3 N–H and O–H groups in total. The van der Waals surface area contributed by atoms with E-state index in [1.54, 1.807) is 11.3 Å². The van der Waals surface area contributed by atoms with Crippen LogP contribution in [0.2, 0.25) is 0 Å². The van der Waals surface area contributed by atoms with Gasteiger partial charge in [-0.25, -0.2) is 4.79 Å². The van der Waals surface area contributed by atoms with E-state index in [0.29, 0.717) is 19.0 Å². The molecular weight excluding hydrogens is 260 g/mol. The summed E-state index contributed by atoms with van der Waals surface area (Å²) >= 11 is 1.67. The highest BCUT2D eigenvalue weighted by Crippen LogP contribution is 2.28. The number of hydrogen-bond acceptors (Lipinski definition) is 3. The molecule has 1 fully saturated rings. The van der Waals surface area contributed by atoms with Gasteiger partial charge in [0.25, 0.3) is 0 Å². The van der Waals surface area contributed by atoms with Crippen molar-refractivity contribution in [2.45, 2.75) is 44.1 Å². The van der Waals surface area contributed by atoms with Crippen molar-refractivity contribution in [2.24, 2.45) is 0 Å². The maximum Gasteiger partial charge on any atom is 0.314 e. The van der Waals surface area contributed by atoms with Crippen LogP contribution >= 0.6 is 11.3 Å². The summed E-state index contributed by atoms with van der Waals surface area (Å²) in [7, 11) is 0. The van der Waals surface area contributed by atoms with Crippen LogP contribution < -0.4 is 10.6 Å². The Kier molecular flexibility index (Phi) is 4.82. The van der Waals surface area contributed by atoms with Gasteiger partial charge in [0.05, 0.1) is 5.60 Å². The minimum atomic E-state index is -0.684. The molecule has 1 heterocycles. The van der Waals surface area contributed by atoms with Crippen LogP contribution in [0.4, 0.5) is 4.79 Å². The highest BCUT2D eigenvalue weighted by Gasteiger charge is 2.31. The summed E-state index contributed by atoms with van der Waals surface area (Å²) in [5, 5.41) is 19.9. The third-order valence-electron chi connectivity index (χ3n) is 3.79. The van der Waals surface area contributed by atoms with E-state index < -0.39 is 5.60 Å². The lowest BCUT2D eigenvalue weighted by Crippen LogP contribution is -2.45. The zero-order valence-electron chi connectivity index (χ0n) is 11.3. The number of thiophene rings is 1. The summed E-state index contributed by atoms with van der Waals surface area (Å²) in [6, 6.07) is 1.89. The molecule has 0 spiro atoms. The molecule has 5 heteroatoms. The predicted octanol–water partition coefficient (Wildman–Crippen LogP) is 2.46.